The summed E-state index contributed by atoms with van der Waals surface area (Å²) in [5.41, 5.74) is 3.48. The van der Waals surface area contributed by atoms with Gasteiger partial charge in [-0.1, -0.05) is 12.1 Å². The van der Waals surface area contributed by atoms with Gasteiger partial charge in [0.25, 0.3) is 0 Å². The van der Waals surface area contributed by atoms with Crippen LogP contribution < -0.4 is 9.47 Å². The molecule has 1 N–H and O–H groups in total. The van der Waals surface area contributed by atoms with Crippen molar-refractivity contribution in [2.45, 2.75) is 32.0 Å². The fraction of sp³-hybridized carbons (Fsp3) is 0.409. The molecule has 29 heavy (non-hydrogen) atoms. The molecule has 6 nitrogen and oxygen atoms in total. The van der Waals surface area contributed by atoms with Gasteiger partial charge in [0.15, 0.2) is 11.5 Å². The van der Waals surface area contributed by atoms with E-state index in [1.165, 1.54) is 16.0 Å². The highest BCUT2D eigenvalue weighted by atomic mass is 32.1. The van der Waals surface area contributed by atoms with Crippen molar-refractivity contribution in [3.8, 4) is 22.1 Å². The number of H-pyrrole nitrogens is 1. The van der Waals surface area contributed by atoms with Crippen LogP contribution in [0.1, 0.15) is 24.0 Å². The Morgan fingerprint density at radius 1 is 1.21 bits per heavy atom. The van der Waals surface area contributed by atoms with E-state index in [1.807, 2.05) is 12.3 Å². The molecule has 2 aromatic heterocycles. The minimum absolute atomic E-state index is 0.284. The molecule has 3 aromatic rings. The Morgan fingerprint density at radius 3 is 2.83 bits per heavy atom. The number of rotatable bonds is 9. The second-order valence-electron chi connectivity index (χ2n) is 7.24. The molecule has 0 bridgehead atoms. The summed E-state index contributed by atoms with van der Waals surface area (Å²) in [5, 5.41) is 9.57. The number of methoxy groups -OCH3 is 2. The van der Waals surface area contributed by atoms with Crippen molar-refractivity contribution in [2.24, 2.45) is 0 Å². The molecule has 0 saturated carbocycles. The van der Waals surface area contributed by atoms with Gasteiger partial charge in [0.05, 0.1) is 37.1 Å². The summed E-state index contributed by atoms with van der Waals surface area (Å²) in [4.78, 5) is 3.64. The van der Waals surface area contributed by atoms with Crippen LogP contribution in [0.25, 0.3) is 10.6 Å². The number of nitrogens with one attached hydrogen (secondary N) is 1. The van der Waals surface area contributed by atoms with Crippen LogP contribution in [0.5, 0.6) is 11.5 Å². The summed E-state index contributed by atoms with van der Waals surface area (Å²) in [6, 6.07) is 10.3. The molecule has 7 heteroatoms. The van der Waals surface area contributed by atoms with Gasteiger partial charge in [0, 0.05) is 31.8 Å². The maximum atomic E-state index is 5.92. The van der Waals surface area contributed by atoms with Crippen LogP contribution in [-0.4, -0.2) is 48.6 Å². The number of ether oxygens (including phenoxy) is 3. The lowest BCUT2D eigenvalue weighted by atomic mass is 10.1. The molecule has 1 saturated heterocycles. The smallest absolute Gasteiger partial charge is 0.161 e. The van der Waals surface area contributed by atoms with Gasteiger partial charge >= 0.3 is 0 Å². The van der Waals surface area contributed by atoms with Crippen molar-refractivity contribution in [3.63, 3.8) is 0 Å². The van der Waals surface area contributed by atoms with Gasteiger partial charge in [0.2, 0.25) is 0 Å². The molecule has 1 fully saturated rings. The average Bonchev–Trinajstić information content (AvgIpc) is 3.50. The molecule has 3 heterocycles. The highest BCUT2D eigenvalue weighted by molar-refractivity contribution is 7.13. The minimum Gasteiger partial charge on any atom is -0.493 e. The van der Waals surface area contributed by atoms with E-state index in [9.17, 15) is 0 Å². The normalized spacial score (nSPS) is 16.4. The lowest BCUT2D eigenvalue weighted by Gasteiger charge is -2.25. The van der Waals surface area contributed by atoms with Gasteiger partial charge in [-0.25, -0.2) is 0 Å². The minimum atomic E-state index is 0.284. The number of aromatic nitrogens is 2. The van der Waals surface area contributed by atoms with Gasteiger partial charge in [-0.3, -0.25) is 10.00 Å². The summed E-state index contributed by atoms with van der Waals surface area (Å²) >= 11 is 1.72. The lowest BCUT2D eigenvalue weighted by Crippen LogP contribution is -2.31. The first-order valence-electron chi connectivity index (χ1n) is 9.88. The number of hydrogen-bond acceptors (Lipinski definition) is 6. The number of nitrogens with zero attached hydrogens (tertiary/aromatic N) is 2. The zero-order valence-corrected chi connectivity index (χ0v) is 17.7. The van der Waals surface area contributed by atoms with E-state index in [1.54, 1.807) is 25.6 Å². The summed E-state index contributed by atoms with van der Waals surface area (Å²) in [5.74, 6) is 1.50. The molecule has 1 aromatic carbocycles. The number of hydrogen-bond donors (Lipinski definition) is 1. The standard InChI is InChI=1S/C22H27N3O3S/c1-26-19-8-7-16(11-20(19)27-2)13-25(15-18-5-3-9-28-18)14-17-12-23-24-22(17)21-6-4-10-29-21/h4,6-8,10-12,18H,3,5,9,13-15H2,1-2H3,(H,23,24)/t18-/m1/s1. The van der Waals surface area contributed by atoms with Crippen LogP contribution in [0, 0.1) is 0 Å². The first-order valence-corrected chi connectivity index (χ1v) is 10.8. The second-order valence-corrected chi connectivity index (χ2v) is 8.19. The van der Waals surface area contributed by atoms with E-state index >= 15 is 0 Å². The number of thiophene rings is 1. The van der Waals surface area contributed by atoms with Gasteiger partial charge < -0.3 is 14.2 Å². The van der Waals surface area contributed by atoms with Crippen molar-refractivity contribution in [3.05, 3.63) is 53.0 Å². The summed E-state index contributed by atoms with van der Waals surface area (Å²) in [6.07, 6.45) is 4.48. The second kappa shape index (κ2) is 9.43. The van der Waals surface area contributed by atoms with Crippen molar-refractivity contribution < 1.29 is 14.2 Å². The quantitative estimate of drug-likeness (QED) is 0.566. The van der Waals surface area contributed by atoms with Crippen molar-refractivity contribution >= 4 is 11.3 Å². The molecule has 0 unspecified atom stereocenters. The molecule has 1 aliphatic heterocycles. The van der Waals surface area contributed by atoms with Gasteiger partial charge in [-0.05, 0) is 42.0 Å². The molecule has 0 aliphatic carbocycles. The monoisotopic (exact) mass is 413 g/mol. The SMILES string of the molecule is COc1ccc(CN(Cc2cn[nH]c2-c2cccs2)C[C@H]2CCCO2)cc1OC. The van der Waals surface area contributed by atoms with Gasteiger partial charge in [-0.2, -0.15) is 5.10 Å². The van der Waals surface area contributed by atoms with E-state index < -0.39 is 0 Å². The Hall–Kier alpha value is -2.35. The van der Waals surface area contributed by atoms with Crippen LogP contribution in [0.4, 0.5) is 0 Å². The maximum Gasteiger partial charge on any atom is 0.161 e. The van der Waals surface area contributed by atoms with E-state index in [4.69, 9.17) is 14.2 Å². The zero-order valence-electron chi connectivity index (χ0n) is 16.9. The maximum absolute atomic E-state index is 5.92. The molecular formula is C22H27N3O3S. The summed E-state index contributed by atoms with van der Waals surface area (Å²) in [7, 11) is 3.33. The Morgan fingerprint density at radius 2 is 2.10 bits per heavy atom. The first-order chi connectivity index (χ1) is 14.3. The van der Waals surface area contributed by atoms with Gasteiger partial charge in [0.1, 0.15) is 0 Å². The summed E-state index contributed by atoms with van der Waals surface area (Å²) < 4.78 is 16.8. The average molecular weight is 414 g/mol. The van der Waals surface area contributed by atoms with E-state index in [2.05, 4.69) is 44.7 Å². The molecule has 0 spiro atoms. The Kier molecular flexibility index (Phi) is 6.49. The lowest BCUT2D eigenvalue weighted by molar-refractivity contribution is 0.0679. The fourth-order valence-electron chi connectivity index (χ4n) is 3.80. The predicted octanol–water partition coefficient (Wildman–Crippen LogP) is 4.34. The van der Waals surface area contributed by atoms with Crippen LogP contribution in [0.15, 0.2) is 41.9 Å². The zero-order chi connectivity index (χ0) is 20.1. The molecule has 0 radical (unpaired) electrons. The Labute approximate surface area is 175 Å². The highest BCUT2D eigenvalue weighted by Gasteiger charge is 2.21. The van der Waals surface area contributed by atoms with Crippen LogP contribution in [0.2, 0.25) is 0 Å². The largest absolute Gasteiger partial charge is 0.493 e. The highest BCUT2D eigenvalue weighted by Crippen LogP contribution is 2.30. The number of benzene rings is 1. The van der Waals surface area contributed by atoms with Crippen molar-refractivity contribution in [1.29, 1.82) is 0 Å². The fourth-order valence-corrected chi connectivity index (χ4v) is 4.56. The molecule has 1 atom stereocenters. The van der Waals surface area contributed by atoms with Crippen molar-refractivity contribution in [1.82, 2.24) is 15.1 Å². The van der Waals surface area contributed by atoms with Crippen molar-refractivity contribution in [2.75, 3.05) is 27.4 Å². The Bertz CT molecular complexity index is 904. The third kappa shape index (κ3) is 4.80. The van der Waals surface area contributed by atoms with E-state index in [0.717, 1.165) is 56.3 Å². The summed E-state index contributed by atoms with van der Waals surface area (Å²) in [6.45, 7) is 3.36. The van der Waals surface area contributed by atoms with Crippen LogP contribution in [-0.2, 0) is 17.8 Å². The van der Waals surface area contributed by atoms with Crippen LogP contribution >= 0.6 is 11.3 Å². The van der Waals surface area contributed by atoms with Crippen LogP contribution in [0.3, 0.4) is 0 Å². The first kappa shape index (κ1) is 19.9. The van der Waals surface area contributed by atoms with Gasteiger partial charge in [-0.15, -0.1) is 11.3 Å². The molecular weight excluding hydrogens is 386 g/mol. The molecule has 1 aliphatic rings. The molecule has 0 amide bonds. The predicted molar refractivity (Wildman–Crippen MR) is 115 cm³/mol. The molecule has 154 valence electrons. The molecule has 4 rings (SSSR count). The van der Waals surface area contributed by atoms with E-state index in [0.29, 0.717) is 0 Å². The topological polar surface area (TPSA) is 59.6 Å². The third-order valence-corrected chi connectivity index (χ3v) is 6.11. The third-order valence-electron chi connectivity index (χ3n) is 5.22. The Balaban J connectivity index is 1.55. The number of aromatic amines is 1. The van der Waals surface area contributed by atoms with E-state index in [-0.39, 0.29) is 6.10 Å².